The van der Waals surface area contributed by atoms with Crippen molar-refractivity contribution in [1.29, 1.82) is 0 Å². The molecular formula is C18H18N4O4. The van der Waals surface area contributed by atoms with E-state index in [-0.39, 0.29) is 36.4 Å². The number of aromatic nitrogens is 2. The average molecular weight is 354 g/mol. The van der Waals surface area contributed by atoms with E-state index >= 15 is 0 Å². The van der Waals surface area contributed by atoms with E-state index in [2.05, 4.69) is 15.7 Å². The Bertz CT molecular complexity index is 872. The number of carbonyl (C=O) groups is 2. The molecule has 8 nitrogen and oxygen atoms in total. The molecule has 0 aliphatic heterocycles. The summed E-state index contributed by atoms with van der Waals surface area (Å²) in [6.07, 6.45) is 3.06. The van der Waals surface area contributed by atoms with Gasteiger partial charge in [-0.05, 0) is 24.3 Å². The number of carbonyl (C=O) groups excluding carboxylic acids is 2. The zero-order valence-corrected chi connectivity index (χ0v) is 14.1. The number of nitrogens with one attached hydrogen (secondary N) is 2. The second-order valence-corrected chi connectivity index (χ2v) is 5.32. The third kappa shape index (κ3) is 3.92. The quantitative estimate of drug-likeness (QED) is 0.629. The average Bonchev–Trinajstić information content (AvgIpc) is 3.35. The number of amides is 2. The van der Waals surface area contributed by atoms with Crippen LogP contribution in [-0.2, 0) is 0 Å². The molecule has 1 aromatic carbocycles. The summed E-state index contributed by atoms with van der Waals surface area (Å²) in [5, 5.41) is 9.63. The van der Waals surface area contributed by atoms with Gasteiger partial charge in [0.25, 0.3) is 11.8 Å². The van der Waals surface area contributed by atoms with E-state index < -0.39 is 0 Å². The molecule has 0 bridgehead atoms. The molecular weight excluding hydrogens is 336 g/mol. The fraction of sp³-hybridized carbons (Fsp3) is 0.167. The zero-order chi connectivity index (χ0) is 18.4. The van der Waals surface area contributed by atoms with E-state index in [9.17, 15) is 9.59 Å². The van der Waals surface area contributed by atoms with Crippen LogP contribution in [0, 0.1) is 0 Å². The Morgan fingerprint density at radius 3 is 2.46 bits per heavy atom. The molecule has 2 aromatic heterocycles. The lowest BCUT2D eigenvalue weighted by atomic mass is 10.3. The maximum atomic E-state index is 12.3. The van der Waals surface area contributed by atoms with E-state index in [0.29, 0.717) is 5.75 Å². The molecule has 0 atom stereocenters. The summed E-state index contributed by atoms with van der Waals surface area (Å²) in [7, 11) is 1.48. The summed E-state index contributed by atoms with van der Waals surface area (Å²) >= 11 is 0. The Morgan fingerprint density at radius 1 is 1.08 bits per heavy atom. The van der Waals surface area contributed by atoms with Crippen LogP contribution in [0.3, 0.4) is 0 Å². The number of hydrogen-bond donors (Lipinski definition) is 2. The fourth-order valence-electron chi connectivity index (χ4n) is 2.31. The number of furan rings is 1. The smallest absolute Gasteiger partial charge is 0.287 e. The lowest BCUT2D eigenvalue weighted by Gasteiger charge is -2.05. The molecule has 0 spiro atoms. The molecule has 26 heavy (non-hydrogen) atoms. The van der Waals surface area contributed by atoms with Gasteiger partial charge in [-0.1, -0.05) is 18.2 Å². The van der Waals surface area contributed by atoms with Crippen molar-refractivity contribution in [2.75, 3.05) is 20.2 Å². The van der Waals surface area contributed by atoms with Gasteiger partial charge in [0, 0.05) is 13.1 Å². The maximum Gasteiger partial charge on any atom is 0.287 e. The minimum absolute atomic E-state index is 0.175. The molecule has 0 fully saturated rings. The van der Waals surface area contributed by atoms with Gasteiger partial charge < -0.3 is 19.8 Å². The van der Waals surface area contributed by atoms with Gasteiger partial charge in [0.2, 0.25) is 0 Å². The molecule has 0 radical (unpaired) electrons. The van der Waals surface area contributed by atoms with Gasteiger partial charge >= 0.3 is 0 Å². The topological polar surface area (TPSA) is 98.4 Å². The van der Waals surface area contributed by atoms with E-state index in [1.54, 1.807) is 23.0 Å². The first-order valence-electron chi connectivity index (χ1n) is 7.98. The normalized spacial score (nSPS) is 10.3. The summed E-state index contributed by atoms with van der Waals surface area (Å²) < 4.78 is 11.8. The highest BCUT2D eigenvalue weighted by Crippen LogP contribution is 2.19. The summed E-state index contributed by atoms with van der Waals surface area (Å²) in [4.78, 5) is 24.1. The van der Waals surface area contributed by atoms with Gasteiger partial charge in [0.15, 0.2) is 17.2 Å². The van der Waals surface area contributed by atoms with Crippen LogP contribution in [0.2, 0.25) is 0 Å². The van der Waals surface area contributed by atoms with Crippen molar-refractivity contribution in [3.8, 4) is 11.4 Å². The lowest BCUT2D eigenvalue weighted by molar-refractivity contribution is 0.0908. The van der Waals surface area contributed by atoms with Crippen LogP contribution >= 0.6 is 0 Å². The number of methoxy groups -OCH3 is 1. The van der Waals surface area contributed by atoms with Crippen LogP contribution in [0.15, 0.2) is 59.3 Å². The first kappa shape index (κ1) is 17.3. The van der Waals surface area contributed by atoms with Crippen molar-refractivity contribution in [1.82, 2.24) is 20.4 Å². The standard InChI is InChI=1S/C18H18N4O4/c1-25-15-12-22(13-6-3-2-4-7-13)21-16(15)18(24)20-10-9-19-17(23)14-8-5-11-26-14/h2-8,11-12H,9-10H2,1H3,(H,19,23)(H,20,24). The highest BCUT2D eigenvalue weighted by Gasteiger charge is 2.18. The minimum atomic E-state index is -0.385. The second kappa shape index (κ2) is 8.02. The predicted octanol–water partition coefficient (Wildman–Crippen LogP) is 1.63. The van der Waals surface area contributed by atoms with Crippen LogP contribution in [0.1, 0.15) is 21.0 Å². The Kier molecular flexibility index (Phi) is 5.33. The molecule has 3 aromatic rings. The molecule has 3 rings (SSSR count). The first-order chi connectivity index (χ1) is 12.7. The highest BCUT2D eigenvalue weighted by atomic mass is 16.5. The van der Waals surface area contributed by atoms with Crippen molar-refractivity contribution >= 4 is 11.8 Å². The van der Waals surface area contributed by atoms with Crippen LogP contribution in [0.4, 0.5) is 0 Å². The van der Waals surface area contributed by atoms with Crippen LogP contribution < -0.4 is 15.4 Å². The largest absolute Gasteiger partial charge is 0.493 e. The Hall–Kier alpha value is -3.55. The van der Waals surface area contributed by atoms with Crippen LogP contribution in [-0.4, -0.2) is 41.8 Å². The summed E-state index contributed by atoms with van der Waals surface area (Å²) in [6, 6.07) is 12.6. The predicted molar refractivity (Wildman–Crippen MR) is 93.5 cm³/mol. The molecule has 2 N–H and O–H groups in total. The van der Waals surface area contributed by atoms with Crippen LogP contribution in [0.5, 0.6) is 5.75 Å². The Labute approximate surface area is 149 Å². The fourth-order valence-corrected chi connectivity index (χ4v) is 2.31. The molecule has 0 aliphatic rings. The minimum Gasteiger partial charge on any atom is -0.493 e. The molecule has 0 aliphatic carbocycles. The van der Waals surface area contributed by atoms with Gasteiger partial charge in [-0.15, -0.1) is 0 Å². The molecule has 0 saturated heterocycles. The molecule has 134 valence electrons. The molecule has 2 heterocycles. The Morgan fingerprint density at radius 2 is 1.81 bits per heavy atom. The molecule has 8 heteroatoms. The van der Waals surface area contributed by atoms with Crippen molar-refractivity contribution in [2.45, 2.75) is 0 Å². The van der Waals surface area contributed by atoms with Gasteiger partial charge in [0.1, 0.15) is 0 Å². The maximum absolute atomic E-state index is 12.3. The van der Waals surface area contributed by atoms with Crippen molar-refractivity contribution in [3.63, 3.8) is 0 Å². The van der Waals surface area contributed by atoms with Crippen LogP contribution in [0.25, 0.3) is 5.69 Å². The number of rotatable bonds is 7. The summed E-state index contributed by atoms with van der Waals surface area (Å²) in [5.41, 5.74) is 0.990. The second-order valence-electron chi connectivity index (χ2n) is 5.32. The highest BCUT2D eigenvalue weighted by molar-refractivity contribution is 5.95. The summed E-state index contributed by atoms with van der Waals surface area (Å²) in [6.45, 7) is 0.500. The molecule has 2 amide bonds. The lowest BCUT2D eigenvalue weighted by Crippen LogP contribution is -2.34. The molecule has 0 saturated carbocycles. The first-order valence-corrected chi connectivity index (χ1v) is 7.98. The van der Waals surface area contributed by atoms with E-state index in [4.69, 9.17) is 9.15 Å². The van der Waals surface area contributed by atoms with Crippen molar-refractivity contribution < 1.29 is 18.7 Å². The number of ether oxygens (including phenoxy) is 1. The SMILES string of the molecule is COc1cn(-c2ccccc2)nc1C(=O)NCCNC(=O)c1ccco1. The summed E-state index contributed by atoms with van der Waals surface area (Å²) in [5.74, 6) is -0.135. The van der Waals surface area contributed by atoms with Gasteiger partial charge in [-0.3, -0.25) is 9.59 Å². The van der Waals surface area contributed by atoms with E-state index in [1.807, 2.05) is 30.3 Å². The van der Waals surface area contributed by atoms with E-state index in [1.165, 1.54) is 13.4 Å². The third-order valence-electron chi connectivity index (χ3n) is 3.58. The monoisotopic (exact) mass is 354 g/mol. The number of hydrogen-bond acceptors (Lipinski definition) is 5. The number of para-hydroxylation sites is 1. The van der Waals surface area contributed by atoms with Gasteiger partial charge in [0.05, 0.1) is 25.3 Å². The van der Waals surface area contributed by atoms with Crippen molar-refractivity contribution in [2.24, 2.45) is 0 Å². The zero-order valence-electron chi connectivity index (χ0n) is 14.1. The third-order valence-corrected chi connectivity index (χ3v) is 3.58. The van der Waals surface area contributed by atoms with E-state index in [0.717, 1.165) is 5.69 Å². The van der Waals surface area contributed by atoms with Gasteiger partial charge in [-0.2, -0.15) is 5.10 Å². The Balaban J connectivity index is 1.57. The number of benzene rings is 1. The number of nitrogens with zero attached hydrogens (tertiary/aromatic N) is 2. The van der Waals surface area contributed by atoms with Crippen molar-refractivity contribution in [3.05, 3.63) is 66.4 Å². The molecule has 0 unspecified atom stereocenters. The van der Waals surface area contributed by atoms with Gasteiger partial charge in [-0.25, -0.2) is 4.68 Å².